The lowest BCUT2D eigenvalue weighted by Crippen LogP contribution is -2.02. The molecule has 2 N–H and O–H groups in total. The van der Waals surface area contributed by atoms with Crippen LogP contribution in [0.5, 0.6) is 0 Å². The molecule has 0 radical (unpaired) electrons. The minimum atomic E-state index is 0.662. The molecule has 0 unspecified atom stereocenters. The van der Waals surface area contributed by atoms with Crippen LogP contribution in [0.25, 0.3) is 16.6 Å². The van der Waals surface area contributed by atoms with Gasteiger partial charge < -0.3 is 10.3 Å². The first-order valence-corrected chi connectivity index (χ1v) is 6.51. The molecule has 1 aromatic carbocycles. The average Bonchev–Trinajstić information content (AvgIpc) is 2.81. The predicted molar refractivity (Wildman–Crippen MR) is 78.6 cm³/mol. The second-order valence-electron chi connectivity index (χ2n) is 4.75. The third-order valence-electron chi connectivity index (χ3n) is 3.43. The number of pyridine rings is 1. The van der Waals surface area contributed by atoms with Crippen LogP contribution in [-0.2, 0) is 6.42 Å². The molecule has 3 nitrogen and oxygen atoms in total. The monoisotopic (exact) mass is 251 g/mol. The number of nitrogens with zero attached hydrogens (tertiary/aromatic N) is 2. The maximum Gasteiger partial charge on any atom is 0.0718 e. The summed E-state index contributed by atoms with van der Waals surface area (Å²) in [6, 6.07) is 10.3. The fourth-order valence-electron chi connectivity index (χ4n) is 2.59. The van der Waals surface area contributed by atoms with Crippen molar-refractivity contribution in [2.24, 2.45) is 5.73 Å². The quantitative estimate of drug-likeness (QED) is 0.778. The third kappa shape index (κ3) is 2.02. The largest absolute Gasteiger partial charge is 0.330 e. The maximum absolute atomic E-state index is 5.72. The second kappa shape index (κ2) is 4.86. The van der Waals surface area contributed by atoms with Gasteiger partial charge in [-0.25, -0.2) is 0 Å². The summed E-state index contributed by atoms with van der Waals surface area (Å²) in [4.78, 5) is 4.32. The molecule has 0 fully saturated rings. The van der Waals surface area contributed by atoms with Crippen molar-refractivity contribution in [3.05, 3.63) is 60.0 Å². The molecule has 0 spiro atoms. The highest BCUT2D eigenvalue weighted by atomic mass is 15.0. The van der Waals surface area contributed by atoms with E-state index in [0.29, 0.717) is 6.54 Å². The van der Waals surface area contributed by atoms with E-state index in [1.807, 2.05) is 30.6 Å². The van der Waals surface area contributed by atoms with Crippen molar-refractivity contribution in [3.63, 3.8) is 0 Å². The van der Waals surface area contributed by atoms with E-state index < -0.39 is 0 Å². The van der Waals surface area contributed by atoms with Gasteiger partial charge in [0.25, 0.3) is 0 Å². The molecule has 0 saturated heterocycles. The molecule has 19 heavy (non-hydrogen) atoms. The Labute approximate surface area is 112 Å². The van der Waals surface area contributed by atoms with Gasteiger partial charge in [0.2, 0.25) is 0 Å². The molecular weight excluding hydrogens is 234 g/mol. The molecule has 0 aliphatic carbocycles. The van der Waals surface area contributed by atoms with Gasteiger partial charge in [0, 0.05) is 23.5 Å². The van der Waals surface area contributed by atoms with Crippen LogP contribution >= 0.6 is 0 Å². The molecular formula is C16H17N3. The van der Waals surface area contributed by atoms with Crippen LogP contribution in [0.1, 0.15) is 11.1 Å². The fourth-order valence-corrected chi connectivity index (χ4v) is 2.59. The first-order chi connectivity index (χ1) is 9.31. The van der Waals surface area contributed by atoms with Crippen molar-refractivity contribution < 1.29 is 0 Å². The van der Waals surface area contributed by atoms with Gasteiger partial charge in [0.15, 0.2) is 0 Å². The number of aryl methyl sites for hydroxylation is 1. The van der Waals surface area contributed by atoms with Gasteiger partial charge >= 0.3 is 0 Å². The Morgan fingerprint density at radius 2 is 1.95 bits per heavy atom. The lowest BCUT2D eigenvalue weighted by Gasteiger charge is -2.04. The summed E-state index contributed by atoms with van der Waals surface area (Å²) in [5.41, 5.74) is 10.5. The van der Waals surface area contributed by atoms with E-state index in [1.54, 1.807) is 0 Å². The summed E-state index contributed by atoms with van der Waals surface area (Å²) in [6.45, 7) is 2.76. The van der Waals surface area contributed by atoms with Crippen molar-refractivity contribution in [3.8, 4) is 5.69 Å². The number of aromatic nitrogens is 2. The standard InChI is InChI=1S/C16H17N3/c1-12-9-18-10-15-16(12)13(7-8-17)11-19(15)14-5-3-2-4-6-14/h2-6,9-11H,7-8,17H2,1H3. The molecule has 2 heterocycles. The number of rotatable bonds is 3. The SMILES string of the molecule is Cc1cncc2c1c(CCN)cn2-c1ccccc1. The molecule has 0 amide bonds. The van der Waals surface area contributed by atoms with E-state index >= 15 is 0 Å². The lowest BCUT2D eigenvalue weighted by molar-refractivity contribution is 0.966. The van der Waals surface area contributed by atoms with E-state index in [2.05, 4.69) is 34.8 Å². The van der Waals surface area contributed by atoms with E-state index in [1.165, 1.54) is 16.5 Å². The molecule has 96 valence electrons. The van der Waals surface area contributed by atoms with Gasteiger partial charge in [-0.05, 0) is 43.1 Å². The Bertz CT molecular complexity index is 699. The van der Waals surface area contributed by atoms with Crippen LogP contribution in [0.4, 0.5) is 0 Å². The zero-order chi connectivity index (χ0) is 13.2. The summed E-state index contributed by atoms with van der Waals surface area (Å²) in [5.74, 6) is 0. The number of para-hydroxylation sites is 1. The van der Waals surface area contributed by atoms with E-state index in [9.17, 15) is 0 Å². The van der Waals surface area contributed by atoms with Gasteiger partial charge in [-0.3, -0.25) is 4.98 Å². The number of benzene rings is 1. The summed E-state index contributed by atoms with van der Waals surface area (Å²) < 4.78 is 2.19. The maximum atomic E-state index is 5.72. The molecule has 2 aromatic heterocycles. The number of hydrogen-bond donors (Lipinski definition) is 1. The topological polar surface area (TPSA) is 43.8 Å². The van der Waals surface area contributed by atoms with Crippen LogP contribution in [0.2, 0.25) is 0 Å². The normalized spacial score (nSPS) is 11.1. The predicted octanol–water partition coefficient (Wildman–Crippen LogP) is 2.84. The Balaban J connectivity index is 2.29. The third-order valence-corrected chi connectivity index (χ3v) is 3.43. The van der Waals surface area contributed by atoms with Crippen LogP contribution < -0.4 is 5.73 Å². The minimum Gasteiger partial charge on any atom is -0.330 e. The number of hydrogen-bond acceptors (Lipinski definition) is 2. The van der Waals surface area contributed by atoms with Gasteiger partial charge in [0.05, 0.1) is 11.7 Å². The lowest BCUT2D eigenvalue weighted by atomic mass is 10.1. The smallest absolute Gasteiger partial charge is 0.0718 e. The van der Waals surface area contributed by atoms with Crippen molar-refractivity contribution in [2.45, 2.75) is 13.3 Å². The Morgan fingerprint density at radius 3 is 2.68 bits per heavy atom. The minimum absolute atomic E-state index is 0.662. The molecule has 3 aromatic rings. The van der Waals surface area contributed by atoms with Crippen LogP contribution in [0.3, 0.4) is 0 Å². The summed E-state index contributed by atoms with van der Waals surface area (Å²) in [5, 5.41) is 1.28. The van der Waals surface area contributed by atoms with E-state index in [4.69, 9.17) is 5.73 Å². The molecule has 0 saturated carbocycles. The highest BCUT2D eigenvalue weighted by Crippen LogP contribution is 2.27. The van der Waals surface area contributed by atoms with E-state index in [-0.39, 0.29) is 0 Å². The zero-order valence-corrected chi connectivity index (χ0v) is 11.0. The molecule has 0 aliphatic rings. The molecule has 0 atom stereocenters. The van der Waals surface area contributed by atoms with Gasteiger partial charge in [-0.15, -0.1) is 0 Å². The average molecular weight is 251 g/mol. The van der Waals surface area contributed by atoms with Crippen LogP contribution in [-0.4, -0.2) is 16.1 Å². The van der Waals surface area contributed by atoms with Crippen molar-refractivity contribution in [1.82, 2.24) is 9.55 Å². The first-order valence-electron chi connectivity index (χ1n) is 6.51. The van der Waals surface area contributed by atoms with Crippen molar-refractivity contribution in [1.29, 1.82) is 0 Å². The summed E-state index contributed by atoms with van der Waals surface area (Å²) >= 11 is 0. The van der Waals surface area contributed by atoms with Crippen LogP contribution in [0, 0.1) is 6.92 Å². The highest BCUT2D eigenvalue weighted by Gasteiger charge is 2.11. The van der Waals surface area contributed by atoms with Crippen molar-refractivity contribution >= 4 is 10.9 Å². The van der Waals surface area contributed by atoms with Gasteiger partial charge in [-0.2, -0.15) is 0 Å². The first kappa shape index (κ1) is 11.9. The second-order valence-corrected chi connectivity index (χ2v) is 4.75. The Kier molecular flexibility index (Phi) is 3.05. The fraction of sp³-hybridized carbons (Fsp3) is 0.188. The molecule has 0 bridgehead atoms. The van der Waals surface area contributed by atoms with Crippen molar-refractivity contribution in [2.75, 3.05) is 6.54 Å². The summed E-state index contributed by atoms with van der Waals surface area (Å²) in [6.07, 6.45) is 6.91. The Morgan fingerprint density at radius 1 is 1.16 bits per heavy atom. The van der Waals surface area contributed by atoms with Gasteiger partial charge in [-0.1, -0.05) is 18.2 Å². The summed E-state index contributed by atoms with van der Waals surface area (Å²) in [7, 11) is 0. The number of fused-ring (bicyclic) bond motifs is 1. The number of nitrogens with two attached hydrogens (primary N) is 1. The Hall–Kier alpha value is -2.13. The molecule has 3 heteroatoms. The van der Waals surface area contributed by atoms with Crippen LogP contribution in [0.15, 0.2) is 48.9 Å². The highest BCUT2D eigenvalue weighted by molar-refractivity contribution is 5.87. The van der Waals surface area contributed by atoms with E-state index in [0.717, 1.165) is 17.6 Å². The molecule has 3 rings (SSSR count). The zero-order valence-electron chi connectivity index (χ0n) is 11.0. The molecule has 0 aliphatic heterocycles. The van der Waals surface area contributed by atoms with Gasteiger partial charge in [0.1, 0.15) is 0 Å².